The van der Waals surface area contributed by atoms with Gasteiger partial charge in [0.25, 0.3) is 5.91 Å². The summed E-state index contributed by atoms with van der Waals surface area (Å²) >= 11 is 5.85. The van der Waals surface area contributed by atoms with Crippen LogP contribution < -0.4 is 21.1 Å². The first kappa shape index (κ1) is 24.7. The third kappa shape index (κ3) is 5.46. The molecule has 35 heavy (non-hydrogen) atoms. The maximum absolute atomic E-state index is 13.1. The fourth-order valence-corrected chi connectivity index (χ4v) is 4.75. The van der Waals surface area contributed by atoms with Gasteiger partial charge in [-0.05, 0) is 54.4 Å². The average molecular weight is 515 g/mol. The molecule has 11 heteroatoms. The van der Waals surface area contributed by atoms with Crippen molar-refractivity contribution in [2.75, 3.05) is 17.2 Å². The maximum Gasteiger partial charge on any atom is 0.320 e. The molecule has 2 atom stereocenters. The third-order valence-electron chi connectivity index (χ3n) is 5.82. The summed E-state index contributed by atoms with van der Waals surface area (Å²) in [5.74, 6) is -0.903. The van der Waals surface area contributed by atoms with Crippen LogP contribution in [-0.2, 0) is 14.8 Å². The topological polar surface area (TPSA) is 151 Å². The van der Waals surface area contributed by atoms with E-state index in [1.165, 1.54) is 6.07 Å². The second-order valence-electron chi connectivity index (χ2n) is 8.21. The minimum absolute atomic E-state index is 0.00425. The van der Waals surface area contributed by atoms with Crippen molar-refractivity contribution in [1.29, 1.82) is 0 Å². The molecule has 4 rings (SSSR count). The van der Waals surface area contributed by atoms with Gasteiger partial charge in [-0.15, -0.1) is 0 Å². The van der Waals surface area contributed by atoms with E-state index in [0.717, 1.165) is 0 Å². The number of carbonyl (C=O) groups is 2. The van der Waals surface area contributed by atoms with E-state index in [1.54, 1.807) is 66.7 Å². The van der Waals surface area contributed by atoms with Crippen molar-refractivity contribution < 1.29 is 23.1 Å². The molecule has 6 N–H and O–H groups in total. The normalized spacial score (nSPS) is 19.0. The number of anilines is 2. The van der Waals surface area contributed by atoms with Crippen LogP contribution in [0.15, 0.2) is 77.7 Å². The number of carbonyl (C=O) groups excluding carboxylic acids is 2. The number of amides is 3. The Labute approximate surface area is 207 Å². The molecule has 1 aliphatic carbocycles. The Balaban J connectivity index is 1.47. The fourth-order valence-electron chi connectivity index (χ4n) is 3.87. The number of halogens is 1. The molecule has 0 heterocycles. The van der Waals surface area contributed by atoms with Gasteiger partial charge in [0.05, 0.1) is 4.90 Å². The van der Waals surface area contributed by atoms with Crippen molar-refractivity contribution >= 4 is 44.9 Å². The highest BCUT2D eigenvalue weighted by Gasteiger charge is 2.61. The van der Waals surface area contributed by atoms with Crippen molar-refractivity contribution in [2.24, 2.45) is 11.1 Å². The Hall–Kier alpha value is -3.44. The molecular weight excluding hydrogens is 492 g/mol. The molecule has 3 amide bonds. The smallest absolute Gasteiger partial charge is 0.320 e. The van der Waals surface area contributed by atoms with Crippen LogP contribution in [0.4, 0.5) is 16.2 Å². The predicted molar refractivity (Wildman–Crippen MR) is 133 cm³/mol. The second kappa shape index (κ2) is 9.67. The molecule has 1 fully saturated rings. The molecule has 0 radical (unpaired) electrons. The van der Waals surface area contributed by atoms with Gasteiger partial charge in [-0.3, -0.25) is 4.79 Å². The lowest BCUT2D eigenvalue weighted by Gasteiger charge is -2.19. The molecule has 3 aromatic rings. The van der Waals surface area contributed by atoms with E-state index in [0.29, 0.717) is 27.5 Å². The van der Waals surface area contributed by atoms with Gasteiger partial charge < -0.3 is 21.1 Å². The molecule has 2 unspecified atom stereocenters. The summed E-state index contributed by atoms with van der Waals surface area (Å²) < 4.78 is 23.8. The lowest BCUT2D eigenvalue weighted by atomic mass is 10.1. The van der Waals surface area contributed by atoms with Crippen LogP contribution >= 0.6 is 11.6 Å². The van der Waals surface area contributed by atoms with Crippen LogP contribution in [-0.4, -0.2) is 37.6 Å². The standard InChI is InChI=1S/C24H23ClN4O5S/c25-17-7-11-19(12-8-17)28-23(32)29-24(13-16(24)14-30)22(31)27-18-9-5-15(6-10-18)20-3-1-2-4-21(20)35(26,33)34/h1-12,16,30H,13-14H2,(H,27,31)(H2,26,33,34)(H2,28,29,32). The lowest BCUT2D eigenvalue weighted by Crippen LogP contribution is -2.49. The minimum Gasteiger partial charge on any atom is -0.396 e. The first-order chi connectivity index (χ1) is 16.6. The number of urea groups is 1. The van der Waals surface area contributed by atoms with Crippen LogP contribution in [0.3, 0.4) is 0 Å². The zero-order valence-corrected chi connectivity index (χ0v) is 19.9. The molecule has 1 saturated carbocycles. The van der Waals surface area contributed by atoms with Crippen LogP contribution in [0.5, 0.6) is 0 Å². The molecule has 182 valence electrons. The first-order valence-corrected chi connectivity index (χ1v) is 12.5. The van der Waals surface area contributed by atoms with E-state index in [-0.39, 0.29) is 17.9 Å². The van der Waals surface area contributed by atoms with Gasteiger partial charge >= 0.3 is 6.03 Å². The SMILES string of the molecule is NS(=O)(=O)c1ccccc1-c1ccc(NC(=O)C2(NC(=O)Nc3ccc(Cl)cc3)CC2CO)cc1. The van der Waals surface area contributed by atoms with Crippen molar-refractivity contribution in [2.45, 2.75) is 16.9 Å². The van der Waals surface area contributed by atoms with Gasteiger partial charge in [0.1, 0.15) is 5.54 Å². The summed E-state index contributed by atoms with van der Waals surface area (Å²) in [6, 6.07) is 18.8. The molecular formula is C24H23ClN4O5S. The largest absolute Gasteiger partial charge is 0.396 e. The number of nitrogens with two attached hydrogens (primary N) is 1. The number of primary sulfonamides is 1. The zero-order chi connectivity index (χ0) is 25.2. The lowest BCUT2D eigenvalue weighted by molar-refractivity contribution is -0.119. The average Bonchev–Trinajstić information content (AvgIpc) is 3.54. The summed E-state index contributed by atoms with van der Waals surface area (Å²) in [4.78, 5) is 25.6. The third-order valence-corrected chi connectivity index (χ3v) is 7.04. The molecule has 0 aromatic heterocycles. The minimum atomic E-state index is -3.91. The number of sulfonamides is 1. The van der Waals surface area contributed by atoms with Crippen LogP contribution in [0.1, 0.15) is 6.42 Å². The highest BCUT2D eigenvalue weighted by molar-refractivity contribution is 7.89. The van der Waals surface area contributed by atoms with E-state index in [2.05, 4.69) is 16.0 Å². The number of hydrogen-bond acceptors (Lipinski definition) is 5. The van der Waals surface area contributed by atoms with E-state index in [1.807, 2.05) is 0 Å². The number of aliphatic hydroxyl groups excluding tert-OH is 1. The summed E-state index contributed by atoms with van der Waals surface area (Å²) in [5.41, 5.74) is 0.716. The molecule has 3 aromatic carbocycles. The Morgan fingerprint density at radius 1 is 0.971 bits per heavy atom. The summed E-state index contributed by atoms with van der Waals surface area (Å²) in [7, 11) is -3.91. The Bertz CT molecular complexity index is 1360. The molecule has 0 aliphatic heterocycles. The number of aliphatic hydroxyl groups is 1. The Morgan fingerprint density at radius 3 is 2.17 bits per heavy atom. The Morgan fingerprint density at radius 2 is 1.57 bits per heavy atom. The van der Waals surface area contributed by atoms with E-state index in [4.69, 9.17) is 16.7 Å². The quantitative estimate of drug-likeness (QED) is 0.328. The monoisotopic (exact) mass is 514 g/mol. The van der Waals surface area contributed by atoms with E-state index in [9.17, 15) is 23.1 Å². The van der Waals surface area contributed by atoms with Gasteiger partial charge in [-0.1, -0.05) is 41.9 Å². The van der Waals surface area contributed by atoms with E-state index >= 15 is 0 Å². The number of hydrogen-bond donors (Lipinski definition) is 5. The maximum atomic E-state index is 13.1. The van der Waals surface area contributed by atoms with Crippen molar-refractivity contribution in [3.05, 3.63) is 77.8 Å². The molecule has 0 saturated heterocycles. The zero-order valence-electron chi connectivity index (χ0n) is 18.4. The second-order valence-corrected chi connectivity index (χ2v) is 10.2. The van der Waals surface area contributed by atoms with Crippen molar-refractivity contribution in [3.8, 4) is 11.1 Å². The molecule has 0 spiro atoms. The van der Waals surface area contributed by atoms with Crippen LogP contribution in [0, 0.1) is 5.92 Å². The van der Waals surface area contributed by atoms with E-state index < -0.39 is 33.4 Å². The predicted octanol–water partition coefficient (Wildman–Crippen LogP) is 3.17. The molecule has 0 bridgehead atoms. The highest BCUT2D eigenvalue weighted by Crippen LogP contribution is 2.44. The van der Waals surface area contributed by atoms with Gasteiger partial charge in [0.2, 0.25) is 10.0 Å². The fraction of sp³-hybridized carbons (Fsp3) is 0.167. The summed E-state index contributed by atoms with van der Waals surface area (Å²) in [6.45, 7) is -0.266. The molecule has 1 aliphatic rings. The first-order valence-electron chi connectivity index (χ1n) is 10.6. The summed E-state index contributed by atoms with van der Waals surface area (Å²) in [5, 5.41) is 23.5. The van der Waals surface area contributed by atoms with Gasteiger partial charge in [-0.25, -0.2) is 18.4 Å². The molecule has 9 nitrogen and oxygen atoms in total. The van der Waals surface area contributed by atoms with Gasteiger partial charge in [-0.2, -0.15) is 0 Å². The van der Waals surface area contributed by atoms with Crippen molar-refractivity contribution in [1.82, 2.24) is 5.32 Å². The number of rotatable bonds is 7. The van der Waals surface area contributed by atoms with Crippen LogP contribution in [0.2, 0.25) is 5.02 Å². The van der Waals surface area contributed by atoms with Crippen molar-refractivity contribution in [3.63, 3.8) is 0 Å². The van der Waals surface area contributed by atoms with Gasteiger partial charge in [0, 0.05) is 34.5 Å². The highest BCUT2D eigenvalue weighted by atomic mass is 35.5. The number of nitrogens with one attached hydrogen (secondary N) is 3. The van der Waals surface area contributed by atoms with Crippen LogP contribution in [0.25, 0.3) is 11.1 Å². The number of benzene rings is 3. The Kier molecular flexibility index (Phi) is 6.82. The summed E-state index contributed by atoms with van der Waals surface area (Å²) in [6.07, 6.45) is 0.281. The van der Waals surface area contributed by atoms with Gasteiger partial charge in [0.15, 0.2) is 0 Å².